The number of rotatable bonds is 5. The highest BCUT2D eigenvalue weighted by Crippen LogP contribution is 2.47. The summed E-state index contributed by atoms with van der Waals surface area (Å²) < 4.78 is 36.5. The molecule has 0 heterocycles. The Morgan fingerprint density at radius 3 is 2.26 bits per heavy atom. The van der Waals surface area contributed by atoms with Crippen LogP contribution < -0.4 is 5.73 Å². The SMILES string of the molecule is NC(CCCC(F)(F)F)C1(c2ccccc2)CCC1. The Kier molecular flexibility index (Phi) is 4.19. The molecule has 19 heavy (non-hydrogen) atoms. The van der Waals surface area contributed by atoms with Crippen LogP contribution in [-0.4, -0.2) is 12.2 Å². The van der Waals surface area contributed by atoms with Gasteiger partial charge >= 0.3 is 6.18 Å². The summed E-state index contributed by atoms with van der Waals surface area (Å²) in [4.78, 5) is 0. The van der Waals surface area contributed by atoms with Gasteiger partial charge in [-0.3, -0.25) is 0 Å². The number of nitrogens with two attached hydrogens (primary N) is 1. The summed E-state index contributed by atoms with van der Waals surface area (Å²) in [5, 5.41) is 0. The van der Waals surface area contributed by atoms with Crippen LogP contribution in [0.25, 0.3) is 0 Å². The lowest BCUT2D eigenvalue weighted by Crippen LogP contribution is -2.50. The molecule has 1 aromatic carbocycles. The molecule has 4 heteroatoms. The summed E-state index contributed by atoms with van der Waals surface area (Å²) in [7, 11) is 0. The number of hydrogen-bond acceptors (Lipinski definition) is 1. The fourth-order valence-electron chi connectivity index (χ4n) is 3.00. The average Bonchev–Trinajstić information content (AvgIpc) is 2.27. The maximum Gasteiger partial charge on any atom is 0.389 e. The third-order valence-electron chi connectivity index (χ3n) is 4.28. The lowest BCUT2D eigenvalue weighted by Gasteiger charge is -2.47. The second-order valence-corrected chi connectivity index (χ2v) is 5.49. The molecule has 0 radical (unpaired) electrons. The average molecular weight is 271 g/mol. The summed E-state index contributed by atoms with van der Waals surface area (Å²) in [6.45, 7) is 0. The molecule has 1 fully saturated rings. The minimum atomic E-state index is -4.07. The second kappa shape index (κ2) is 5.53. The van der Waals surface area contributed by atoms with Gasteiger partial charge in [0.1, 0.15) is 0 Å². The molecule has 0 aliphatic heterocycles. The highest BCUT2D eigenvalue weighted by atomic mass is 19.4. The summed E-state index contributed by atoms with van der Waals surface area (Å²) in [5.74, 6) is 0. The van der Waals surface area contributed by atoms with Crippen LogP contribution in [0.4, 0.5) is 13.2 Å². The monoisotopic (exact) mass is 271 g/mol. The van der Waals surface area contributed by atoms with Crippen LogP contribution in [-0.2, 0) is 5.41 Å². The van der Waals surface area contributed by atoms with Gasteiger partial charge in [0.2, 0.25) is 0 Å². The highest BCUT2D eigenvalue weighted by molar-refractivity contribution is 5.30. The van der Waals surface area contributed by atoms with Crippen LogP contribution in [0.3, 0.4) is 0 Å². The molecule has 1 saturated carbocycles. The molecular weight excluding hydrogens is 251 g/mol. The largest absolute Gasteiger partial charge is 0.389 e. The summed E-state index contributed by atoms with van der Waals surface area (Å²) in [6.07, 6.45) is -1.14. The van der Waals surface area contributed by atoms with E-state index in [0.717, 1.165) is 19.3 Å². The molecule has 0 spiro atoms. The minimum absolute atomic E-state index is 0.0904. The summed E-state index contributed by atoms with van der Waals surface area (Å²) in [5.41, 5.74) is 7.30. The van der Waals surface area contributed by atoms with Crippen molar-refractivity contribution in [2.24, 2.45) is 5.73 Å². The number of alkyl halides is 3. The summed E-state index contributed by atoms with van der Waals surface area (Å²) in [6, 6.07) is 9.80. The van der Waals surface area contributed by atoms with Crippen molar-refractivity contribution in [2.45, 2.75) is 56.2 Å². The molecule has 1 aromatic rings. The molecule has 2 rings (SSSR count). The predicted octanol–water partition coefficient (Wildman–Crippen LogP) is 4.17. The van der Waals surface area contributed by atoms with E-state index >= 15 is 0 Å². The van der Waals surface area contributed by atoms with Gasteiger partial charge in [0.05, 0.1) is 0 Å². The summed E-state index contributed by atoms with van der Waals surface area (Å²) >= 11 is 0. The third-order valence-corrected chi connectivity index (χ3v) is 4.28. The van der Waals surface area contributed by atoms with E-state index < -0.39 is 12.6 Å². The smallest absolute Gasteiger partial charge is 0.327 e. The first kappa shape index (κ1) is 14.4. The van der Waals surface area contributed by atoms with Crippen molar-refractivity contribution in [1.29, 1.82) is 0 Å². The zero-order valence-corrected chi connectivity index (χ0v) is 10.9. The van der Waals surface area contributed by atoms with E-state index in [0.29, 0.717) is 6.42 Å². The Bertz CT molecular complexity index is 396. The maximum absolute atomic E-state index is 12.2. The second-order valence-electron chi connectivity index (χ2n) is 5.49. The highest BCUT2D eigenvalue weighted by Gasteiger charge is 2.43. The van der Waals surface area contributed by atoms with E-state index in [4.69, 9.17) is 5.73 Å². The van der Waals surface area contributed by atoms with Gasteiger partial charge in [-0.05, 0) is 31.2 Å². The van der Waals surface area contributed by atoms with E-state index in [9.17, 15) is 13.2 Å². The Hall–Kier alpha value is -1.03. The first-order valence-electron chi connectivity index (χ1n) is 6.82. The van der Waals surface area contributed by atoms with Crippen molar-refractivity contribution in [3.63, 3.8) is 0 Å². The topological polar surface area (TPSA) is 26.0 Å². The Labute approximate surface area is 112 Å². The van der Waals surface area contributed by atoms with Crippen molar-refractivity contribution < 1.29 is 13.2 Å². The van der Waals surface area contributed by atoms with Crippen molar-refractivity contribution in [3.05, 3.63) is 35.9 Å². The molecule has 1 atom stereocenters. The fraction of sp³-hybridized carbons (Fsp3) is 0.600. The van der Waals surface area contributed by atoms with Gasteiger partial charge < -0.3 is 5.73 Å². The van der Waals surface area contributed by atoms with Crippen LogP contribution in [0, 0.1) is 0 Å². The molecule has 1 aliphatic rings. The van der Waals surface area contributed by atoms with Crippen molar-refractivity contribution in [2.75, 3.05) is 0 Å². The first-order valence-corrected chi connectivity index (χ1v) is 6.82. The van der Waals surface area contributed by atoms with E-state index in [-0.39, 0.29) is 17.9 Å². The van der Waals surface area contributed by atoms with Crippen LogP contribution in [0.2, 0.25) is 0 Å². The van der Waals surface area contributed by atoms with Crippen LogP contribution in [0.5, 0.6) is 0 Å². The molecule has 106 valence electrons. The van der Waals surface area contributed by atoms with Crippen LogP contribution >= 0.6 is 0 Å². The normalized spacial score (nSPS) is 19.8. The molecule has 2 N–H and O–H groups in total. The number of benzene rings is 1. The Balaban J connectivity index is 1.98. The van der Waals surface area contributed by atoms with Crippen molar-refractivity contribution >= 4 is 0 Å². The van der Waals surface area contributed by atoms with Gasteiger partial charge in [-0.2, -0.15) is 13.2 Å². The zero-order chi connectivity index (χ0) is 13.9. The van der Waals surface area contributed by atoms with Gasteiger partial charge in [0.15, 0.2) is 0 Å². The molecule has 1 aliphatic carbocycles. The molecule has 1 unspecified atom stereocenters. The molecule has 0 bridgehead atoms. The van der Waals surface area contributed by atoms with E-state index in [1.807, 2.05) is 30.3 Å². The lowest BCUT2D eigenvalue weighted by atomic mass is 9.59. The van der Waals surface area contributed by atoms with Crippen molar-refractivity contribution in [3.8, 4) is 0 Å². The van der Waals surface area contributed by atoms with Crippen LogP contribution in [0.1, 0.15) is 44.1 Å². The lowest BCUT2D eigenvalue weighted by molar-refractivity contribution is -0.136. The molecule has 0 saturated heterocycles. The quantitative estimate of drug-likeness (QED) is 0.854. The third kappa shape index (κ3) is 3.30. The molecule has 0 amide bonds. The standard InChI is InChI=1S/C15H20F3N/c16-15(17,18)11-4-8-13(19)14(9-5-10-14)12-6-2-1-3-7-12/h1-3,6-7,13H,4-5,8-11,19H2. The first-order chi connectivity index (χ1) is 8.94. The number of halogens is 3. The van der Waals surface area contributed by atoms with E-state index in [1.165, 1.54) is 5.56 Å². The molecule has 0 aromatic heterocycles. The zero-order valence-electron chi connectivity index (χ0n) is 10.9. The predicted molar refractivity (Wildman–Crippen MR) is 69.9 cm³/mol. The van der Waals surface area contributed by atoms with Gasteiger partial charge in [-0.15, -0.1) is 0 Å². The minimum Gasteiger partial charge on any atom is -0.327 e. The van der Waals surface area contributed by atoms with Gasteiger partial charge in [-0.1, -0.05) is 36.8 Å². The Morgan fingerprint density at radius 1 is 1.16 bits per heavy atom. The maximum atomic E-state index is 12.2. The fourth-order valence-corrected chi connectivity index (χ4v) is 3.00. The van der Waals surface area contributed by atoms with Crippen molar-refractivity contribution in [1.82, 2.24) is 0 Å². The number of hydrogen-bond donors (Lipinski definition) is 1. The van der Waals surface area contributed by atoms with Crippen LogP contribution in [0.15, 0.2) is 30.3 Å². The molecule has 1 nitrogen and oxygen atoms in total. The Morgan fingerprint density at radius 2 is 1.79 bits per heavy atom. The van der Waals surface area contributed by atoms with E-state index in [2.05, 4.69) is 0 Å². The van der Waals surface area contributed by atoms with E-state index in [1.54, 1.807) is 0 Å². The van der Waals surface area contributed by atoms with Gasteiger partial charge in [0.25, 0.3) is 0 Å². The molecular formula is C15H20F3N. The van der Waals surface area contributed by atoms with Gasteiger partial charge in [0, 0.05) is 17.9 Å². The van der Waals surface area contributed by atoms with Gasteiger partial charge in [-0.25, -0.2) is 0 Å².